The van der Waals surface area contributed by atoms with Crippen molar-refractivity contribution in [1.29, 1.82) is 0 Å². The number of nitrogens with one attached hydrogen (secondary N) is 1. The highest BCUT2D eigenvalue weighted by molar-refractivity contribution is 6.31. The average molecular weight is 394 g/mol. The molecule has 0 aliphatic carbocycles. The van der Waals surface area contributed by atoms with Crippen LogP contribution in [0.25, 0.3) is 10.9 Å². The molecule has 1 N–H and O–H groups in total. The van der Waals surface area contributed by atoms with E-state index in [9.17, 15) is 9.59 Å². The van der Waals surface area contributed by atoms with Gasteiger partial charge in [0.2, 0.25) is 5.91 Å². The van der Waals surface area contributed by atoms with Crippen LogP contribution in [0.5, 0.6) is 0 Å². The number of benzene rings is 2. The zero-order valence-corrected chi connectivity index (χ0v) is 16.5. The Kier molecular flexibility index (Phi) is 3.62. The minimum Gasteiger partial charge on any atom is -0.355 e. The van der Waals surface area contributed by atoms with Gasteiger partial charge in [-0.05, 0) is 36.2 Å². The number of aromatic nitrogens is 1. The van der Waals surface area contributed by atoms with Crippen LogP contribution >= 0.6 is 11.6 Å². The second-order valence-electron chi connectivity index (χ2n) is 7.41. The van der Waals surface area contributed by atoms with Crippen LogP contribution in [0.15, 0.2) is 42.5 Å². The highest BCUT2D eigenvalue weighted by Gasteiger charge is 2.59. The summed E-state index contributed by atoms with van der Waals surface area (Å²) in [5.74, 6) is -0.130. The second-order valence-corrected chi connectivity index (χ2v) is 7.85. The van der Waals surface area contributed by atoms with Crippen molar-refractivity contribution in [1.82, 2.24) is 9.88 Å². The second kappa shape index (κ2) is 5.85. The van der Waals surface area contributed by atoms with E-state index in [-0.39, 0.29) is 11.8 Å². The molecule has 142 valence electrons. The van der Waals surface area contributed by atoms with E-state index >= 15 is 0 Å². The Hall–Kier alpha value is -2.79. The van der Waals surface area contributed by atoms with Crippen molar-refractivity contribution in [2.24, 2.45) is 0 Å². The molecule has 0 radical (unpaired) electrons. The van der Waals surface area contributed by atoms with E-state index in [0.29, 0.717) is 24.4 Å². The molecule has 1 spiro atoms. The van der Waals surface area contributed by atoms with Crippen molar-refractivity contribution in [2.45, 2.75) is 25.3 Å². The van der Waals surface area contributed by atoms with Gasteiger partial charge in [0, 0.05) is 47.2 Å². The number of amides is 2. The first-order valence-corrected chi connectivity index (χ1v) is 9.86. The highest BCUT2D eigenvalue weighted by Crippen LogP contribution is 2.51. The van der Waals surface area contributed by atoms with E-state index in [1.165, 1.54) is 0 Å². The standard InChI is InChI=1S/C22H20ClN3O2/c1-3-19(27)26-11-10-14-15-12-13(23)8-9-17(15)24-20(14)22(26)16-6-4-5-7-18(16)25(2)21(22)28/h4-9,12,24H,3,10-11H2,1-2H3. The summed E-state index contributed by atoms with van der Waals surface area (Å²) < 4.78 is 0. The molecule has 0 saturated heterocycles. The number of nitrogens with zero attached hydrogens (tertiary/aromatic N) is 2. The Labute approximate surface area is 167 Å². The topological polar surface area (TPSA) is 56.4 Å². The van der Waals surface area contributed by atoms with Gasteiger partial charge in [-0.1, -0.05) is 36.7 Å². The fourth-order valence-corrected chi connectivity index (χ4v) is 5.03. The molecule has 0 saturated carbocycles. The molecular weight excluding hydrogens is 374 g/mol. The van der Waals surface area contributed by atoms with Crippen molar-refractivity contribution in [3.63, 3.8) is 0 Å². The number of anilines is 1. The number of aromatic amines is 1. The minimum atomic E-state index is -1.16. The lowest BCUT2D eigenvalue weighted by Gasteiger charge is -2.43. The fourth-order valence-electron chi connectivity index (χ4n) is 4.86. The van der Waals surface area contributed by atoms with Crippen LogP contribution in [-0.4, -0.2) is 35.3 Å². The summed E-state index contributed by atoms with van der Waals surface area (Å²) in [4.78, 5) is 33.7. The minimum absolute atomic E-state index is 0.0270. The largest absolute Gasteiger partial charge is 0.355 e. The van der Waals surface area contributed by atoms with Gasteiger partial charge in [-0.15, -0.1) is 0 Å². The number of hydrogen-bond donors (Lipinski definition) is 1. The van der Waals surface area contributed by atoms with E-state index < -0.39 is 5.54 Å². The van der Waals surface area contributed by atoms with Crippen molar-refractivity contribution in [3.05, 3.63) is 64.3 Å². The predicted octanol–water partition coefficient (Wildman–Crippen LogP) is 3.84. The number of H-pyrrole nitrogens is 1. The maximum absolute atomic E-state index is 13.8. The van der Waals surface area contributed by atoms with E-state index in [1.54, 1.807) is 16.8 Å². The molecule has 1 atom stereocenters. The molecular formula is C22H20ClN3O2. The van der Waals surface area contributed by atoms with Crippen LogP contribution in [0.2, 0.25) is 5.02 Å². The highest BCUT2D eigenvalue weighted by atomic mass is 35.5. The number of hydrogen-bond acceptors (Lipinski definition) is 2. The normalized spacial score (nSPS) is 20.8. The Morgan fingerprint density at radius 2 is 2.04 bits per heavy atom. The molecule has 0 bridgehead atoms. The van der Waals surface area contributed by atoms with Gasteiger partial charge in [-0.25, -0.2) is 0 Å². The van der Waals surface area contributed by atoms with E-state index in [4.69, 9.17) is 11.6 Å². The lowest BCUT2D eigenvalue weighted by Crippen LogP contribution is -2.58. The molecule has 5 nitrogen and oxygen atoms in total. The van der Waals surface area contributed by atoms with Gasteiger partial charge in [0.1, 0.15) is 0 Å². The lowest BCUT2D eigenvalue weighted by molar-refractivity contribution is -0.144. The van der Waals surface area contributed by atoms with E-state index in [0.717, 1.165) is 33.4 Å². The van der Waals surface area contributed by atoms with Gasteiger partial charge in [0.15, 0.2) is 5.54 Å². The van der Waals surface area contributed by atoms with Crippen LogP contribution in [0.3, 0.4) is 0 Å². The maximum Gasteiger partial charge on any atom is 0.263 e. The molecule has 0 fully saturated rings. The zero-order valence-electron chi connectivity index (χ0n) is 15.8. The van der Waals surface area contributed by atoms with Crippen LogP contribution in [-0.2, 0) is 21.5 Å². The molecule has 3 aromatic rings. The van der Waals surface area contributed by atoms with Gasteiger partial charge in [0.25, 0.3) is 5.91 Å². The smallest absolute Gasteiger partial charge is 0.263 e. The molecule has 1 unspecified atom stereocenters. The number of carbonyl (C=O) groups excluding carboxylic acids is 2. The summed E-state index contributed by atoms with van der Waals surface area (Å²) in [6.45, 7) is 2.33. The molecule has 2 amide bonds. The Bertz CT molecular complexity index is 1150. The van der Waals surface area contributed by atoms with Crippen molar-refractivity contribution >= 4 is 40.0 Å². The first-order valence-electron chi connectivity index (χ1n) is 9.48. The van der Waals surface area contributed by atoms with Gasteiger partial charge >= 0.3 is 0 Å². The summed E-state index contributed by atoms with van der Waals surface area (Å²) in [5, 5.41) is 1.68. The Morgan fingerprint density at radius 1 is 1.25 bits per heavy atom. The third-order valence-corrected chi connectivity index (χ3v) is 6.33. The first-order chi connectivity index (χ1) is 13.5. The van der Waals surface area contributed by atoms with Gasteiger partial charge in [-0.2, -0.15) is 0 Å². The van der Waals surface area contributed by atoms with Crippen LogP contribution in [0.4, 0.5) is 5.69 Å². The average Bonchev–Trinajstić information content (AvgIpc) is 3.18. The number of carbonyl (C=O) groups is 2. The van der Waals surface area contributed by atoms with Crippen molar-refractivity contribution in [3.8, 4) is 0 Å². The zero-order chi connectivity index (χ0) is 19.6. The monoisotopic (exact) mass is 393 g/mol. The first kappa shape index (κ1) is 17.3. The maximum atomic E-state index is 13.8. The summed E-state index contributed by atoms with van der Waals surface area (Å²) >= 11 is 6.25. The third-order valence-electron chi connectivity index (χ3n) is 6.09. The number of likely N-dealkylation sites (N-methyl/N-ethyl adjacent to an activating group) is 1. The van der Waals surface area contributed by atoms with Gasteiger partial charge < -0.3 is 14.8 Å². The fraction of sp³-hybridized carbons (Fsp3) is 0.273. The Balaban J connectivity index is 1.90. The van der Waals surface area contributed by atoms with E-state index in [2.05, 4.69) is 4.98 Å². The Morgan fingerprint density at radius 3 is 2.82 bits per heavy atom. The molecule has 2 aliphatic rings. The summed E-state index contributed by atoms with van der Waals surface area (Å²) in [6, 6.07) is 13.4. The number of fused-ring (bicyclic) bond motifs is 6. The molecule has 5 rings (SSSR count). The molecule has 28 heavy (non-hydrogen) atoms. The number of para-hydroxylation sites is 1. The quantitative estimate of drug-likeness (QED) is 0.683. The van der Waals surface area contributed by atoms with Gasteiger partial charge in [-0.3, -0.25) is 9.59 Å². The predicted molar refractivity (Wildman–Crippen MR) is 110 cm³/mol. The molecule has 3 heterocycles. The van der Waals surface area contributed by atoms with Crippen LogP contribution < -0.4 is 4.90 Å². The molecule has 2 aliphatic heterocycles. The van der Waals surface area contributed by atoms with Crippen LogP contribution in [0, 0.1) is 0 Å². The lowest BCUT2D eigenvalue weighted by atomic mass is 9.79. The van der Waals surface area contributed by atoms with Crippen molar-refractivity contribution < 1.29 is 9.59 Å². The van der Waals surface area contributed by atoms with Gasteiger partial charge in [0.05, 0.1) is 5.69 Å². The number of rotatable bonds is 1. The summed E-state index contributed by atoms with van der Waals surface area (Å²) in [5.41, 5.74) is 3.32. The summed E-state index contributed by atoms with van der Waals surface area (Å²) in [6.07, 6.45) is 1.03. The van der Waals surface area contributed by atoms with Crippen LogP contribution in [0.1, 0.15) is 30.2 Å². The molecule has 6 heteroatoms. The molecule has 2 aromatic carbocycles. The third kappa shape index (κ3) is 1.97. The number of halogens is 1. The summed E-state index contributed by atoms with van der Waals surface area (Å²) in [7, 11) is 1.78. The van der Waals surface area contributed by atoms with Crippen molar-refractivity contribution in [2.75, 3.05) is 18.5 Å². The van der Waals surface area contributed by atoms with E-state index in [1.807, 2.05) is 49.4 Å². The molecule has 1 aromatic heterocycles. The SMILES string of the molecule is CCC(=O)N1CCc2c([nH]c3ccc(Cl)cc23)C12C(=O)N(C)c1ccccc12.